The highest BCUT2D eigenvalue weighted by Gasteiger charge is 2.19. The van der Waals surface area contributed by atoms with Crippen LogP contribution < -0.4 is 15.6 Å². The van der Waals surface area contributed by atoms with E-state index in [9.17, 15) is 18.4 Å². The second-order valence-electron chi connectivity index (χ2n) is 8.15. The van der Waals surface area contributed by atoms with Crippen LogP contribution >= 0.6 is 0 Å². The third kappa shape index (κ3) is 5.69. The first-order chi connectivity index (χ1) is 16.8. The summed E-state index contributed by atoms with van der Waals surface area (Å²) >= 11 is 0. The standard InChI is InChI=1S/C24H24F2N6O3/c1-31-6-8-32(9-7-31)23(33)14-35-17-4-2-16(3-5-17)28-13-22(30-27)18-10-15-11-19(25)20(26)12-21(15)29-24(18)34/h2-5,10-13,27-28H,6-9,14H2,1H3,(H,29,34)/b22-13-,30-27?. The van der Waals surface area contributed by atoms with Gasteiger partial charge in [-0.25, -0.2) is 14.3 Å². The summed E-state index contributed by atoms with van der Waals surface area (Å²) in [4.78, 5) is 31.1. The number of hydrogen-bond acceptors (Lipinski definition) is 7. The predicted molar refractivity (Wildman–Crippen MR) is 127 cm³/mol. The molecule has 2 heterocycles. The summed E-state index contributed by atoms with van der Waals surface area (Å²) in [5, 5.41) is 6.59. The number of carbonyl (C=O) groups excluding carboxylic acids is 1. The third-order valence-corrected chi connectivity index (χ3v) is 5.73. The molecule has 9 nitrogen and oxygen atoms in total. The van der Waals surface area contributed by atoms with Gasteiger partial charge in [0.2, 0.25) is 0 Å². The van der Waals surface area contributed by atoms with Gasteiger partial charge >= 0.3 is 0 Å². The number of fused-ring (bicyclic) bond motifs is 1. The molecule has 0 saturated carbocycles. The van der Waals surface area contributed by atoms with Crippen LogP contribution in [0.25, 0.3) is 16.6 Å². The first-order valence-electron chi connectivity index (χ1n) is 10.9. The van der Waals surface area contributed by atoms with Gasteiger partial charge in [0.1, 0.15) is 11.4 Å². The van der Waals surface area contributed by atoms with Gasteiger partial charge in [-0.15, -0.1) is 0 Å². The maximum absolute atomic E-state index is 13.6. The molecule has 3 N–H and O–H groups in total. The monoisotopic (exact) mass is 482 g/mol. The molecule has 1 saturated heterocycles. The van der Waals surface area contributed by atoms with Crippen molar-refractivity contribution in [2.45, 2.75) is 0 Å². The summed E-state index contributed by atoms with van der Waals surface area (Å²) in [6.07, 6.45) is 1.36. The van der Waals surface area contributed by atoms with Gasteiger partial charge in [0.15, 0.2) is 18.2 Å². The molecule has 0 radical (unpaired) electrons. The van der Waals surface area contributed by atoms with Crippen molar-refractivity contribution >= 4 is 28.2 Å². The second kappa shape index (κ2) is 10.4. The van der Waals surface area contributed by atoms with Crippen molar-refractivity contribution in [2.24, 2.45) is 5.11 Å². The highest BCUT2D eigenvalue weighted by Crippen LogP contribution is 2.21. The smallest absolute Gasteiger partial charge is 0.260 e. The van der Waals surface area contributed by atoms with Crippen molar-refractivity contribution in [3.63, 3.8) is 0 Å². The summed E-state index contributed by atoms with van der Waals surface area (Å²) in [7, 11) is 2.02. The van der Waals surface area contributed by atoms with Crippen LogP contribution in [0.5, 0.6) is 5.75 Å². The Balaban J connectivity index is 1.41. The van der Waals surface area contributed by atoms with Crippen LogP contribution in [0, 0.1) is 17.2 Å². The van der Waals surface area contributed by atoms with Gasteiger partial charge in [0, 0.05) is 49.5 Å². The van der Waals surface area contributed by atoms with E-state index in [4.69, 9.17) is 10.3 Å². The van der Waals surface area contributed by atoms with E-state index in [2.05, 4.69) is 20.3 Å². The number of anilines is 1. The van der Waals surface area contributed by atoms with Crippen LogP contribution in [0.1, 0.15) is 5.56 Å². The Morgan fingerprint density at radius 3 is 2.51 bits per heavy atom. The number of aromatic amines is 1. The summed E-state index contributed by atoms with van der Waals surface area (Å²) in [6.45, 7) is 3.00. The number of nitrogens with zero attached hydrogens (tertiary/aromatic N) is 3. The maximum atomic E-state index is 13.6. The number of piperazine rings is 1. The first-order valence-corrected chi connectivity index (χ1v) is 10.9. The van der Waals surface area contributed by atoms with Crippen LogP contribution in [0.3, 0.4) is 0 Å². The van der Waals surface area contributed by atoms with Crippen LogP contribution in [-0.2, 0) is 4.79 Å². The molecule has 0 spiro atoms. The van der Waals surface area contributed by atoms with Crippen molar-refractivity contribution in [2.75, 3.05) is 45.2 Å². The van der Waals surface area contributed by atoms with Gasteiger partial charge in [-0.05, 0) is 43.4 Å². The van der Waals surface area contributed by atoms with Crippen molar-refractivity contribution < 1.29 is 18.3 Å². The number of aromatic nitrogens is 1. The lowest BCUT2D eigenvalue weighted by molar-refractivity contribution is -0.134. The van der Waals surface area contributed by atoms with Crippen molar-refractivity contribution in [1.82, 2.24) is 14.8 Å². The number of nitrogens with one attached hydrogen (secondary N) is 3. The van der Waals surface area contributed by atoms with E-state index in [1.807, 2.05) is 7.05 Å². The fourth-order valence-electron chi connectivity index (χ4n) is 3.65. The molecule has 1 aliphatic heterocycles. The Hall–Kier alpha value is -4.12. The van der Waals surface area contributed by atoms with Crippen LogP contribution in [0.15, 0.2) is 58.6 Å². The van der Waals surface area contributed by atoms with Gasteiger partial charge in [-0.1, -0.05) is 0 Å². The number of pyridine rings is 1. The molecule has 0 aliphatic carbocycles. The van der Waals surface area contributed by atoms with Gasteiger partial charge < -0.3 is 24.8 Å². The molecular weight excluding hydrogens is 458 g/mol. The van der Waals surface area contributed by atoms with Crippen LogP contribution in [0.2, 0.25) is 0 Å². The number of likely N-dealkylation sites (N-methyl/N-ethyl adjacent to an activating group) is 1. The lowest BCUT2D eigenvalue weighted by Gasteiger charge is -2.32. The molecule has 1 aliphatic rings. The lowest BCUT2D eigenvalue weighted by atomic mass is 10.1. The van der Waals surface area contributed by atoms with Crippen LogP contribution in [0.4, 0.5) is 14.5 Å². The highest BCUT2D eigenvalue weighted by atomic mass is 19.2. The van der Waals surface area contributed by atoms with Crippen LogP contribution in [-0.4, -0.2) is 60.5 Å². The van der Waals surface area contributed by atoms with E-state index >= 15 is 0 Å². The molecule has 0 atom stereocenters. The third-order valence-electron chi connectivity index (χ3n) is 5.73. The van der Waals surface area contributed by atoms with E-state index in [1.54, 1.807) is 29.2 Å². The molecule has 182 valence electrons. The number of amides is 1. The predicted octanol–water partition coefficient (Wildman–Crippen LogP) is 3.40. The molecule has 0 unspecified atom stereocenters. The van der Waals surface area contributed by atoms with Gasteiger partial charge in [0.25, 0.3) is 11.5 Å². The topological polar surface area (TPSA) is 114 Å². The van der Waals surface area contributed by atoms with E-state index in [0.717, 1.165) is 25.2 Å². The zero-order valence-corrected chi connectivity index (χ0v) is 19.0. The van der Waals surface area contributed by atoms with E-state index in [0.29, 0.717) is 24.5 Å². The quantitative estimate of drug-likeness (QED) is 0.447. The van der Waals surface area contributed by atoms with Crippen molar-refractivity contribution in [1.29, 1.82) is 5.53 Å². The normalized spacial score (nSPS) is 14.7. The molecule has 2 aromatic carbocycles. The Morgan fingerprint density at radius 1 is 1.14 bits per heavy atom. The molecule has 1 aromatic heterocycles. The average Bonchev–Trinajstić information content (AvgIpc) is 2.85. The zero-order chi connectivity index (χ0) is 24.9. The van der Waals surface area contributed by atoms with Gasteiger partial charge in [-0.2, -0.15) is 5.11 Å². The first kappa shape index (κ1) is 24.0. The second-order valence-corrected chi connectivity index (χ2v) is 8.15. The van der Waals surface area contributed by atoms with E-state index < -0.39 is 17.2 Å². The van der Waals surface area contributed by atoms with Crippen molar-refractivity contribution in [3.8, 4) is 5.75 Å². The number of ether oxygens (including phenoxy) is 1. The number of halogens is 2. The number of benzene rings is 2. The number of rotatable bonds is 7. The minimum absolute atomic E-state index is 0.00372. The molecular formula is C24H24F2N6O3. The lowest BCUT2D eigenvalue weighted by Crippen LogP contribution is -2.48. The minimum atomic E-state index is -1.07. The fourth-order valence-corrected chi connectivity index (χ4v) is 3.65. The number of H-pyrrole nitrogens is 1. The number of carbonyl (C=O) groups is 1. The zero-order valence-electron chi connectivity index (χ0n) is 19.0. The SMILES string of the molecule is CN1CCN(C(=O)COc2ccc(N/C=C(\N=N)c3cc4cc(F)c(F)cc4[nH]c3=O)cc2)CC1. The Labute approximate surface area is 199 Å². The van der Waals surface area contributed by atoms with E-state index in [1.165, 1.54) is 12.3 Å². The Bertz CT molecular complexity index is 1330. The summed E-state index contributed by atoms with van der Waals surface area (Å²) in [6, 6.07) is 9.99. The molecule has 0 bridgehead atoms. The van der Waals surface area contributed by atoms with E-state index in [-0.39, 0.29) is 34.7 Å². The molecule has 4 rings (SSSR count). The van der Waals surface area contributed by atoms with Gasteiger partial charge in [-0.3, -0.25) is 9.59 Å². The molecule has 3 aromatic rings. The minimum Gasteiger partial charge on any atom is -0.484 e. The largest absolute Gasteiger partial charge is 0.484 e. The van der Waals surface area contributed by atoms with Gasteiger partial charge in [0.05, 0.1) is 11.1 Å². The maximum Gasteiger partial charge on any atom is 0.260 e. The summed E-state index contributed by atoms with van der Waals surface area (Å²) in [5.74, 6) is -1.66. The number of hydrogen-bond donors (Lipinski definition) is 3. The Kier molecular flexibility index (Phi) is 7.16. The molecule has 1 fully saturated rings. The molecule has 11 heteroatoms. The summed E-state index contributed by atoms with van der Waals surface area (Å²) < 4.78 is 32.6. The Morgan fingerprint density at radius 2 is 1.83 bits per heavy atom. The average molecular weight is 482 g/mol. The summed E-state index contributed by atoms with van der Waals surface area (Å²) in [5.41, 5.74) is 7.62. The van der Waals surface area contributed by atoms with Crippen molar-refractivity contribution in [3.05, 3.63) is 76.2 Å². The molecule has 1 amide bonds. The highest BCUT2D eigenvalue weighted by molar-refractivity contribution is 5.82. The fraction of sp³-hybridized carbons (Fsp3) is 0.250. The molecule has 35 heavy (non-hydrogen) atoms.